The van der Waals surface area contributed by atoms with Crippen molar-refractivity contribution in [3.8, 4) is 0 Å². The fourth-order valence-electron chi connectivity index (χ4n) is 2.93. The summed E-state index contributed by atoms with van der Waals surface area (Å²) in [6.07, 6.45) is 0.470. The molecular weight excluding hydrogens is 390 g/mol. The van der Waals surface area contributed by atoms with Gasteiger partial charge in [0, 0.05) is 25.5 Å². The number of carbonyl (C=O) groups excluding carboxylic acids is 2. The summed E-state index contributed by atoms with van der Waals surface area (Å²) in [5.41, 5.74) is 1.80. The molecule has 4 aromatic rings. The molecule has 0 saturated carbocycles. The topological polar surface area (TPSA) is 117 Å². The number of H-pyrrole nitrogens is 1. The molecule has 0 spiro atoms. The molecule has 2 aromatic heterocycles. The number of nitrogens with one attached hydrogen (secondary N) is 3. The maximum atomic E-state index is 12.3. The van der Waals surface area contributed by atoms with E-state index in [-0.39, 0.29) is 23.8 Å². The second kappa shape index (κ2) is 7.80. The first-order chi connectivity index (χ1) is 14.0. The van der Waals surface area contributed by atoms with Crippen molar-refractivity contribution >= 4 is 55.1 Å². The quantitative estimate of drug-likeness (QED) is 0.470. The number of amides is 2. The Morgan fingerprint density at radius 1 is 1.07 bits per heavy atom. The van der Waals surface area contributed by atoms with E-state index in [1.54, 1.807) is 30.3 Å². The lowest BCUT2D eigenvalue weighted by Gasteiger charge is -2.03. The number of nitrogens with zero attached hydrogens (tertiary/aromatic N) is 2. The van der Waals surface area contributed by atoms with Gasteiger partial charge in [0.1, 0.15) is 5.82 Å². The summed E-state index contributed by atoms with van der Waals surface area (Å²) < 4.78 is 0.854. The van der Waals surface area contributed by atoms with E-state index in [0.717, 1.165) is 10.2 Å². The lowest BCUT2D eigenvalue weighted by atomic mass is 10.2. The molecule has 0 atom stereocenters. The Bertz CT molecular complexity index is 1290. The number of para-hydroxylation sites is 1. The van der Waals surface area contributed by atoms with E-state index in [2.05, 4.69) is 25.6 Å². The fourth-order valence-corrected chi connectivity index (χ4v) is 3.85. The van der Waals surface area contributed by atoms with Gasteiger partial charge in [0.15, 0.2) is 5.13 Å². The highest BCUT2D eigenvalue weighted by Gasteiger charge is 2.10. The number of fused-ring (bicyclic) bond motifs is 2. The number of aryl methyl sites for hydroxylation is 1. The Kier molecular flexibility index (Phi) is 5.05. The van der Waals surface area contributed by atoms with Gasteiger partial charge in [0.25, 0.3) is 5.56 Å². The van der Waals surface area contributed by atoms with Crippen molar-refractivity contribution in [2.75, 3.05) is 10.6 Å². The molecule has 8 nitrogen and oxygen atoms in total. The summed E-state index contributed by atoms with van der Waals surface area (Å²) in [6, 6.07) is 12.4. The summed E-state index contributed by atoms with van der Waals surface area (Å²) in [5.74, 6) is 0.0952. The zero-order valence-corrected chi connectivity index (χ0v) is 16.3. The number of aromatic nitrogens is 3. The highest BCUT2D eigenvalue weighted by atomic mass is 32.1. The molecule has 2 aromatic carbocycles. The molecule has 9 heteroatoms. The molecule has 0 saturated heterocycles. The zero-order chi connectivity index (χ0) is 20.4. The van der Waals surface area contributed by atoms with Crippen LogP contribution in [0.3, 0.4) is 0 Å². The minimum absolute atomic E-state index is 0.150. The maximum Gasteiger partial charge on any atom is 0.258 e. The zero-order valence-electron chi connectivity index (χ0n) is 15.5. The normalized spacial score (nSPS) is 10.9. The van der Waals surface area contributed by atoms with E-state index in [0.29, 0.717) is 34.0 Å². The minimum atomic E-state index is -0.220. The van der Waals surface area contributed by atoms with Crippen LogP contribution < -0.4 is 16.2 Å². The van der Waals surface area contributed by atoms with Gasteiger partial charge < -0.3 is 15.6 Å². The molecule has 0 fully saturated rings. The Morgan fingerprint density at radius 3 is 2.72 bits per heavy atom. The van der Waals surface area contributed by atoms with Gasteiger partial charge >= 0.3 is 0 Å². The molecule has 2 heterocycles. The Labute approximate surface area is 169 Å². The van der Waals surface area contributed by atoms with Crippen molar-refractivity contribution in [3.05, 3.63) is 58.6 Å². The van der Waals surface area contributed by atoms with E-state index in [4.69, 9.17) is 0 Å². The third kappa shape index (κ3) is 4.30. The minimum Gasteiger partial charge on any atom is -0.326 e. The second-order valence-corrected chi connectivity index (χ2v) is 7.49. The van der Waals surface area contributed by atoms with Gasteiger partial charge in [0.2, 0.25) is 11.8 Å². The average molecular weight is 407 g/mol. The summed E-state index contributed by atoms with van der Waals surface area (Å²) >= 11 is 1.33. The van der Waals surface area contributed by atoms with Crippen LogP contribution in [0.4, 0.5) is 10.8 Å². The van der Waals surface area contributed by atoms with E-state index in [9.17, 15) is 14.4 Å². The van der Waals surface area contributed by atoms with Gasteiger partial charge in [-0.2, -0.15) is 0 Å². The molecule has 3 N–H and O–H groups in total. The van der Waals surface area contributed by atoms with Gasteiger partial charge in [0.05, 0.1) is 21.1 Å². The van der Waals surface area contributed by atoms with Crippen molar-refractivity contribution in [3.63, 3.8) is 0 Å². The van der Waals surface area contributed by atoms with E-state index >= 15 is 0 Å². The van der Waals surface area contributed by atoms with Crippen LogP contribution in [-0.2, 0) is 16.0 Å². The second-order valence-electron chi connectivity index (χ2n) is 6.46. The Morgan fingerprint density at radius 2 is 1.90 bits per heavy atom. The molecule has 29 heavy (non-hydrogen) atoms. The predicted octanol–water partition coefficient (Wildman–Crippen LogP) is 3.06. The predicted molar refractivity (Wildman–Crippen MR) is 113 cm³/mol. The lowest BCUT2D eigenvalue weighted by molar-refractivity contribution is -0.116. The number of thiazole rings is 1. The molecule has 2 amide bonds. The molecule has 0 aliphatic heterocycles. The summed E-state index contributed by atoms with van der Waals surface area (Å²) in [7, 11) is 0. The number of rotatable bonds is 5. The van der Waals surface area contributed by atoms with Gasteiger partial charge in [-0.15, -0.1) is 0 Å². The maximum absolute atomic E-state index is 12.3. The smallest absolute Gasteiger partial charge is 0.258 e. The van der Waals surface area contributed by atoms with E-state index in [1.807, 2.05) is 12.1 Å². The molecule has 4 rings (SSSR count). The van der Waals surface area contributed by atoms with Gasteiger partial charge in [-0.05, 0) is 30.3 Å². The highest BCUT2D eigenvalue weighted by Crippen LogP contribution is 2.28. The first-order valence-corrected chi connectivity index (χ1v) is 9.75. The van der Waals surface area contributed by atoms with Crippen LogP contribution in [0.5, 0.6) is 0 Å². The molecule has 0 aliphatic carbocycles. The van der Waals surface area contributed by atoms with Gasteiger partial charge in [-0.1, -0.05) is 23.5 Å². The van der Waals surface area contributed by atoms with Crippen molar-refractivity contribution in [1.82, 2.24) is 15.0 Å². The monoisotopic (exact) mass is 407 g/mol. The molecule has 146 valence electrons. The van der Waals surface area contributed by atoms with Crippen molar-refractivity contribution < 1.29 is 9.59 Å². The largest absolute Gasteiger partial charge is 0.326 e. The SMILES string of the molecule is CC(=O)Nc1ccc2nc(NC(=O)CCc3nc4ccccc4c(=O)[nH]3)sc2c1. The standard InChI is InChI=1S/C20H17N5O3S/c1-11(26)21-12-6-7-15-16(10-12)29-20(23-15)25-18(27)9-8-17-22-14-5-3-2-4-13(14)19(28)24-17/h2-7,10H,8-9H2,1H3,(H,21,26)(H,22,24,28)(H,23,25,27). The van der Waals surface area contributed by atoms with Crippen LogP contribution in [0, 0.1) is 0 Å². The average Bonchev–Trinajstić information content (AvgIpc) is 3.07. The molecule has 0 aliphatic rings. The fraction of sp³-hybridized carbons (Fsp3) is 0.150. The van der Waals surface area contributed by atoms with Crippen LogP contribution in [0.25, 0.3) is 21.1 Å². The molecule has 0 radical (unpaired) electrons. The van der Waals surface area contributed by atoms with Crippen LogP contribution >= 0.6 is 11.3 Å². The van der Waals surface area contributed by atoms with Crippen LogP contribution in [0.15, 0.2) is 47.3 Å². The Hall–Kier alpha value is -3.59. The molecule has 0 bridgehead atoms. The van der Waals surface area contributed by atoms with Crippen LogP contribution in [0.2, 0.25) is 0 Å². The number of anilines is 2. The highest BCUT2D eigenvalue weighted by molar-refractivity contribution is 7.22. The van der Waals surface area contributed by atoms with Crippen LogP contribution in [-0.4, -0.2) is 26.8 Å². The van der Waals surface area contributed by atoms with Crippen molar-refractivity contribution in [2.45, 2.75) is 19.8 Å². The number of hydrogen-bond donors (Lipinski definition) is 3. The third-order valence-electron chi connectivity index (χ3n) is 4.21. The lowest BCUT2D eigenvalue weighted by Crippen LogP contribution is -2.16. The summed E-state index contributed by atoms with van der Waals surface area (Å²) in [5, 5.41) is 6.49. The molecule has 0 unspecified atom stereocenters. The number of hydrogen-bond acceptors (Lipinski definition) is 6. The number of carbonyl (C=O) groups is 2. The van der Waals surface area contributed by atoms with Crippen LogP contribution in [0.1, 0.15) is 19.2 Å². The van der Waals surface area contributed by atoms with Crippen molar-refractivity contribution in [2.24, 2.45) is 0 Å². The van der Waals surface area contributed by atoms with E-state index in [1.165, 1.54) is 18.3 Å². The number of benzene rings is 2. The molecular formula is C20H17N5O3S. The number of aromatic amines is 1. The van der Waals surface area contributed by atoms with Gasteiger partial charge in [-0.25, -0.2) is 9.97 Å². The van der Waals surface area contributed by atoms with Crippen molar-refractivity contribution in [1.29, 1.82) is 0 Å². The summed E-state index contributed by atoms with van der Waals surface area (Å²) in [6.45, 7) is 1.44. The first kappa shape index (κ1) is 18.8. The van der Waals surface area contributed by atoms with E-state index < -0.39 is 0 Å². The van der Waals surface area contributed by atoms with Gasteiger partial charge in [-0.3, -0.25) is 14.4 Å². The third-order valence-corrected chi connectivity index (χ3v) is 5.14. The summed E-state index contributed by atoms with van der Waals surface area (Å²) in [4.78, 5) is 47.1. The first-order valence-electron chi connectivity index (χ1n) is 8.94. The Balaban J connectivity index is 1.43.